The van der Waals surface area contributed by atoms with Crippen LogP contribution in [0.4, 0.5) is 19.0 Å². The number of amides is 1. The second kappa shape index (κ2) is 10.6. The summed E-state index contributed by atoms with van der Waals surface area (Å²) in [6.07, 6.45) is 1.08. The fourth-order valence-corrected chi connectivity index (χ4v) is 4.96. The number of nitrogen functional groups attached to an aromatic ring is 1. The number of hydrogen-bond donors (Lipinski definition) is 1. The molecule has 0 saturated carbocycles. The number of benzene rings is 1. The van der Waals surface area contributed by atoms with Gasteiger partial charge in [0.2, 0.25) is 0 Å². The van der Waals surface area contributed by atoms with Crippen LogP contribution in [0.5, 0.6) is 5.75 Å². The largest absolute Gasteiger partial charge is 0.573 e. The van der Waals surface area contributed by atoms with Crippen molar-refractivity contribution in [2.45, 2.75) is 19.3 Å². The number of alkyl halides is 3. The molecule has 2 N–H and O–H groups in total. The van der Waals surface area contributed by atoms with Gasteiger partial charge in [0, 0.05) is 80.9 Å². The van der Waals surface area contributed by atoms with Crippen LogP contribution >= 0.6 is 0 Å². The predicted molar refractivity (Wildman–Crippen MR) is 147 cm³/mol. The highest BCUT2D eigenvalue weighted by Gasteiger charge is 2.33. The first-order chi connectivity index (χ1) is 19.0. The van der Waals surface area contributed by atoms with E-state index in [0.29, 0.717) is 37.4 Å². The Morgan fingerprint density at radius 1 is 1.10 bits per heavy atom. The lowest BCUT2D eigenvalue weighted by atomic mass is 9.97. The average molecular weight is 551 g/mol. The number of fused-ring (bicyclic) bond motifs is 1. The molecule has 8 nitrogen and oxygen atoms in total. The molecule has 4 heterocycles. The zero-order chi connectivity index (χ0) is 28.6. The number of ether oxygens (including phenoxy) is 1. The van der Waals surface area contributed by atoms with Gasteiger partial charge in [-0.05, 0) is 54.0 Å². The molecule has 1 aliphatic rings. The molecule has 0 radical (unpaired) electrons. The van der Waals surface area contributed by atoms with Gasteiger partial charge >= 0.3 is 6.36 Å². The van der Waals surface area contributed by atoms with Crippen LogP contribution in [0.25, 0.3) is 27.7 Å². The van der Waals surface area contributed by atoms with Gasteiger partial charge in [-0.3, -0.25) is 9.69 Å². The monoisotopic (exact) mass is 550 g/mol. The lowest BCUT2D eigenvalue weighted by molar-refractivity contribution is -0.274. The number of nitrogens with two attached hydrogens (primary N) is 1. The third-order valence-corrected chi connectivity index (χ3v) is 7.01. The maximum Gasteiger partial charge on any atom is 0.573 e. The zero-order valence-electron chi connectivity index (χ0n) is 22.4. The molecule has 5 rings (SSSR count). The first kappa shape index (κ1) is 27.2. The fourth-order valence-electron chi connectivity index (χ4n) is 4.96. The molecule has 0 aliphatic carbocycles. The van der Waals surface area contributed by atoms with Gasteiger partial charge < -0.3 is 19.9 Å². The Labute approximate surface area is 229 Å². The van der Waals surface area contributed by atoms with Crippen molar-refractivity contribution in [3.8, 4) is 16.9 Å². The maximum atomic E-state index is 13.2. The first-order valence-corrected chi connectivity index (χ1v) is 12.7. The number of nitrogens with zero attached hydrogens (tertiary/aromatic N) is 5. The van der Waals surface area contributed by atoms with E-state index in [9.17, 15) is 18.0 Å². The van der Waals surface area contributed by atoms with E-state index in [0.717, 1.165) is 39.5 Å². The van der Waals surface area contributed by atoms with Gasteiger partial charge in [-0.15, -0.1) is 13.2 Å². The molecule has 1 amide bonds. The Kier molecular flexibility index (Phi) is 7.24. The predicted octanol–water partition coefficient (Wildman–Crippen LogP) is 5.11. The normalized spacial score (nSPS) is 14.3. The number of halogens is 3. The topological polar surface area (TPSA) is 89.5 Å². The van der Waals surface area contributed by atoms with Crippen molar-refractivity contribution in [2.24, 2.45) is 7.05 Å². The Balaban J connectivity index is 1.38. The summed E-state index contributed by atoms with van der Waals surface area (Å²) in [5.41, 5.74) is 10.8. The molecule has 4 aromatic rings. The molecule has 0 unspecified atom stereocenters. The number of anilines is 1. The lowest BCUT2D eigenvalue weighted by Gasteiger charge is -2.27. The molecule has 11 heteroatoms. The summed E-state index contributed by atoms with van der Waals surface area (Å²) in [6, 6.07) is 12.0. The number of rotatable bonds is 6. The molecule has 0 bridgehead atoms. The van der Waals surface area contributed by atoms with E-state index in [2.05, 4.69) is 30.2 Å². The van der Waals surface area contributed by atoms with Crippen molar-refractivity contribution in [1.29, 1.82) is 0 Å². The van der Waals surface area contributed by atoms with Crippen LogP contribution in [-0.4, -0.2) is 63.8 Å². The highest BCUT2D eigenvalue weighted by molar-refractivity contribution is 5.95. The fraction of sp³-hybridized carbons (Fsp3) is 0.276. The van der Waals surface area contributed by atoms with E-state index >= 15 is 0 Å². The van der Waals surface area contributed by atoms with E-state index < -0.39 is 12.3 Å². The molecular formula is C29H29F3N6O2. The lowest BCUT2D eigenvalue weighted by Crippen LogP contribution is -2.29. The minimum absolute atomic E-state index is 0.129. The van der Waals surface area contributed by atoms with Crippen LogP contribution in [0.2, 0.25) is 0 Å². The summed E-state index contributed by atoms with van der Waals surface area (Å²) in [4.78, 5) is 24.6. The summed E-state index contributed by atoms with van der Waals surface area (Å²) in [6.45, 7) is 1.82. The van der Waals surface area contributed by atoms with E-state index in [1.54, 1.807) is 32.6 Å². The molecule has 1 aromatic carbocycles. The molecule has 1 aliphatic heterocycles. The molecule has 0 saturated heterocycles. The Hall–Kier alpha value is -4.38. The van der Waals surface area contributed by atoms with Crippen LogP contribution in [0.3, 0.4) is 0 Å². The quantitative estimate of drug-likeness (QED) is 0.359. The van der Waals surface area contributed by atoms with Crippen molar-refractivity contribution >= 4 is 28.3 Å². The van der Waals surface area contributed by atoms with Crippen molar-refractivity contribution in [1.82, 2.24) is 24.3 Å². The average Bonchev–Trinajstić information content (AvgIpc) is 3.23. The van der Waals surface area contributed by atoms with Crippen molar-refractivity contribution in [2.75, 3.05) is 32.9 Å². The van der Waals surface area contributed by atoms with Crippen molar-refractivity contribution in [3.05, 3.63) is 77.8 Å². The SMILES string of the molecule is CN(C)C(=O)c1ccc(C2=CCN(Cc3cc4c(-c5ccc(N)nc5)ccnc4n3C)CC2)c(OC(F)(F)F)c1. The Bertz CT molecular complexity index is 1590. The highest BCUT2D eigenvalue weighted by Crippen LogP contribution is 2.36. The van der Waals surface area contributed by atoms with Crippen LogP contribution in [0.1, 0.15) is 28.0 Å². The summed E-state index contributed by atoms with van der Waals surface area (Å²) in [5.74, 6) is -0.317. The van der Waals surface area contributed by atoms with Crippen molar-refractivity contribution in [3.63, 3.8) is 0 Å². The standard InChI is InChI=1S/C29H29F3N6O2/c1-36(2)28(39)19-4-6-23(25(14-19)40-29(30,31)32)18-9-12-38(13-10-18)17-21-15-24-22(8-11-34-27(24)37(21)3)20-5-7-26(33)35-16-20/h4-9,11,14-16H,10,12-13,17H2,1-3H3,(H2,33,35). The molecule has 208 valence electrons. The van der Waals surface area contributed by atoms with Gasteiger partial charge in [-0.25, -0.2) is 9.97 Å². The third kappa shape index (κ3) is 5.64. The number of pyridine rings is 2. The summed E-state index contributed by atoms with van der Waals surface area (Å²) < 4.78 is 46.0. The second-order valence-corrected chi connectivity index (χ2v) is 9.94. The van der Waals surface area contributed by atoms with Crippen LogP contribution in [-0.2, 0) is 13.6 Å². The summed E-state index contributed by atoms with van der Waals surface area (Å²) in [7, 11) is 5.05. The van der Waals surface area contributed by atoms with Gasteiger partial charge in [0.1, 0.15) is 17.2 Å². The van der Waals surface area contributed by atoms with Gasteiger partial charge in [-0.2, -0.15) is 0 Å². The van der Waals surface area contributed by atoms with E-state index in [1.807, 2.05) is 25.3 Å². The third-order valence-electron chi connectivity index (χ3n) is 7.01. The maximum absolute atomic E-state index is 13.2. The number of carbonyl (C=O) groups is 1. The van der Waals surface area contributed by atoms with Crippen LogP contribution < -0.4 is 10.5 Å². The Morgan fingerprint density at radius 3 is 2.55 bits per heavy atom. The molecule has 40 heavy (non-hydrogen) atoms. The van der Waals surface area contributed by atoms with E-state index in [1.165, 1.54) is 17.0 Å². The first-order valence-electron chi connectivity index (χ1n) is 12.7. The van der Waals surface area contributed by atoms with Crippen molar-refractivity contribution < 1.29 is 22.7 Å². The highest BCUT2D eigenvalue weighted by atomic mass is 19.4. The number of hydrogen-bond acceptors (Lipinski definition) is 6. The molecule has 0 fully saturated rings. The molecule has 3 aromatic heterocycles. The van der Waals surface area contributed by atoms with E-state index in [4.69, 9.17) is 5.73 Å². The van der Waals surface area contributed by atoms with Gasteiger partial charge in [0.05, 0.1) is 0 Å². The number of aryl methyl sites for hydroxylation is 1. The summed E-state index contributed by atoms with van der Waals surface area (Å²) in [5, 5.41) is 1.00. The molecule has 0 atom stereocenters. The number of carbonyl (C=O) groups excluding carboxylic acids is 1. The van der Waals surface area contributed by atoms with Gasteiger partial charge in [0.15, 0.2) is 0 Å². The molecular weight excluding hydrogens is 521 g/mol. The summed E-state index contributed by atoms with van der Waals surface area (Å²) >= 11 is 0. The molecule has 0 spiro atoms. The smallest absolute Gasteiger partial charge is 0.405 e. The van der Waals surface area contributed by atoms with Crippen LogP contribution in [0.15, 0.2) is 60.9 Å². The minimum Gasteiger partial charge on any atom is -0.405 e. The second-order valence-electron chi connectivity index (χ2n) is 9.94. The minimum atomic E-state index is -4.88. The zero-order valence-corrected chi connectivity index (χ0v) is 22.4. The Morgan fingerprint density at radius 2 is 1.90 bits per heavy atom. The van der Waals surface area contributed by atoms with Gasteiger partial charge in [0.25, 0.3) is 5.91 Å². The van der Waals surface area contributed by atoms with Crippen LogP contribution in [0, 0.1) is 0 Å². The number of aromatic nitrogens is 3. The van der Waals surface area contributed by atoms with E-state index in [-0.39, 0.29) is 11.3 Å². The van der Waals surface area contributed by atoms with Gasteiger partial charge in [-0.1, -0.05) is 12.1 Å².